The number of rotatable bonds is 4. The van der Waals surface area contributed by atoms with Gasteiger partial charge in [0.1, 0.15) is 5.82 Å². The lowest BCUT2D eigenvalue weighted by molar-refractivity contribution is -0.127. The molecule has 3 rings (SSSR count). The van der Waals surface area contributed by atoms with E-state index in [2.05, 4.69) is 10.6 Å². The zero-order valence-electron chi connectivity index (χ0n) is 13.6. The Morgan fingerprint density at radius 1 is 1.44 bits per heavy atom. The number of halogens is 1. The molecule has 2 aliphatic rings. The molecule has 0 aliphatic carbocycles. The van der Waals surface area contributed by atoms with E-state index < -0.39 is 24.1 Å². The largest absolute Gasteiger partial charge is 0.434 e. The lowest BCUT2D eigenvalue weighted by atomic mass is 9.98. The minimum Gasteiger partial charge on any atom is -0.434 e. The molecule has 2 aliphatic heterocycles. The Morgan fingerprint density at radius 2 is 2.24 bits per heavy atom. The number of cyclic esters (lactones) is 1. The molecule has 1 saturated heterocycles. The van der Waals surface area contributed by atoms with Crippen molar-refractivity contribution in [3.63, 3.8) is 0 Å². The summed E-state index contributed by atoms with van der Waals surface area (Å²) in [6, 6.07) is 3.87. The Kier molecular flexibility index (Phi) is 4.69. The summed E-state index contributed by atoms with van der Waals surface area (Å²) in [4.78, 5) is 36.4. The molecule has 2 heterocycles. The van der Waals surface area contributed by atoms with Crippen LogP contribution in [0.4, 0.5) is 14.9 Å². The monoisotopic (exact) mass is 347 g/mol. The van der Waals surface area contributed by atoms with Gasteiger partial charge in [-0.25, -0.2) is 9.18 Å². The molecule has 8 heteroatoms. The first-order valence-corrected chi connectivity index (χ1v) is 8.00. The van der Waals surface area contributed by atoms with Crippen molar-refractivity contribution in [1.82, 2.24) is 10.6 Å². The van der Waals surface area contributed by atoms with Crippen LogP contribution in [0.1, 0.15) is 24.9 Å². The summed E-state index contributed by atoms with van der Waals surface area (Å²) in [7, 11) is 0. The highest BCUT2D eigenvalue weighted by Gasteiger charge is 2.37. The maximum absolute atomic E-state index is 14.5. The summed E-state index contributed by atoms with van der Waals surface area (Å²) in [5.74, 6) is -1.00. The first-order valence-electron chi connectivity index (χ1n) is 8.00. The molecular formula is C17H18FN3O4. The SMILES string of the molecule is CCNC(=O)[C@H]1CN(c2ccc(C3CC(=O)C=CN3)c(F)c2)C(=O)O1. The average molecular weight is 347 g/mol. The molecule has 0 spiro atoms. The zero-order valence-corrected chi connectivity index (χ0v) is 13.6. The van der Waals surface area contributed by atoms with Crippen LogP contribution in [0.25, 0.3) is 0 Å². The van der Waals surface area contributed by atoms with Gasteiger partial charge in [0.05, 0.1) is 18.3 Å². The van der Waals surface area contributed by atoms with Crippen molar-refractivity contribution in [2.24, 2.45) is 0 Å². The number of benzene rings is 1. The second-order valence-corrected chi connectivity index (χ2v) is 5.81. The number of ether oxygens (including phenoxy) is 1. The topological polar surface area (TPSA) is 87.7 Å². The lowest BCUT2D eigenvalue weighted by Crippen LogP contribution is -2.37. The van der Waals surface area contributed by atoms with Crippen LogP contribution in [0.15, 0.2) is 30.5 Å². The maximum atomic E-state index is 14.5. The normalized spacial score (nSPS) is 22.6. The third-order valence-electron chi connectivity index (χ3n) is 4.10. The fraction of sp³-hybridized carbons (Fsp3) is 0.353. The van der Waals surface area contributed by atoms with Crippen LogP contribution in [0.2, 0.25) is 0 Å². The number of likely N-dealkylation sites (N-methyl/N-ethyl adjacent to an activating group) is 1. The Hall–Kier alpha value is -2.90. The lowest BCUT2D eigenvalue weighted by Gasteiger charge is -2.21. The van der Waals surface area contributed by atoms with Crippen LogP contribution in [-0.2, 0) is 14.3 Å². The van der Waals surface area contributed by atoms with E-state index in [-0.39, 0.29) is 24.7 Å². The van der Waals surface area contributed by atoms with E-state index in [1.165, 1.54) is 29.3 Å². The Morgan fingerprint density at radius 3 is 2.92 bits per heavy atom. The van der Waals surface area contributed by atoms with Crippen molar-refractivity contribution in [3.8, 4) is 0 Å². The van der Waals surface area contributed by atoms with Gasteiger partial charge >= 0.3 is 6.09 Å². The smallest absolute Gasteiger partial charge is 0.415 e. The number of allylic oxidation sites excluding steroid dienone is 1. The van der Waals surface area contributed by atoms with Gasteiger partial charge < -0.3 is 15.4 Å². The molecule has 0 saturated carbocycles. The van der Waals surface area contributed by atoms with Crippen molar-refractivity contribution in [2.45, 2.75) is 25.5 Å². The quantitative estimate of drug-likeness (QED) is 0.860. The highest BCUT2D eigenvalue weighted by Crippen LogP contribution is 2.28. The summed E-state index contributed by atoms with van der Waals surface area (Å²) < 4.78 is 19.5. The molecule has 132 valence electrons. The van der Waals surface area contributed by atoms with Gasteiger partial charge in [-0.1, -0.05) is 6.07 Å². The summed E-state index contributed by atoms with van der Waals surface area (Å²) >= 11 is 0. The first kappa shape index (κ1) is 16.9. The number of hydrogen-bond acceptors (Lipinski definition) is 5. The fourth-order valence-corrected chi connectivity index (χ4v) is 2.85. The van der Waals surface area contributed by atoms with Crippen LogP contribution in [0.3, 0.4) is 0 Å². The third kappa shape index (κ3) is 3.47. The molecule has 1 aromatic carbocycles. The second kappa shape index (κ2) is 6.92. The minimum atomic E-state index is -0.919. The number of hydrogen-bond donors (Lipinski definition) is 2. The molecule has 2 amide bonds. The van der Waals surface area contributed by atoms with E-state index in [9.17, 15) is 18.8 Å². The second-order valence-electron chi connectivity index (χ2n) is 5.81. The van der Waals surface area contributed by atoms with Gasteiger partial charge in [0, 0.05) is 24.7 Å². The number of anilines is 1. The van der Waals surface area contributed by atoms with Crippen LogP contribution in [0, 0.1) is 5.82 Å². The molecular weight excluding hydrogens is 329 g/mol. The van der Waals surface area contributed by atoms with Crippen molar-refractivity contribution in [1.29, 1.82) is 0 Å². The molecule has 0 radical (unpaired) electrons. The van der Waals surface area contributed by atoms with E-state index in [4.69, 9.17) is 4.74 Å². The van der Waals surface area contributed by atoms with Gasteiger partial charge in [-0.2, -0.15) is 0 Å². The summed E-state index contributed by atoms with van der Waals surface area (Å²) in [6.07, 6.45) is 1.45. The van der Waals surface area contributed by atoms with Crippen molar-refractivity contribution >= 4 is 23.5 Å². The Bertz CT molecular complexity index is 749. The number of amides is 2. The molecule has 1 unspecified atom stereocenters. The molecule has 2 N–H and O–H groups in total. The highest BCUT2D eigenvalue weighted by atomic mass is 19.1. The predicted molar refractivity (Wildman–Crippen MR) is 87.3 cm³/mol. The van der Waals surface area contributed by atoms with Crippen LogP contribution < -0.4 is 15.5 Å². The van der Waals surface area contributed by atoms with Gasteiger partial charge in [-0.3, -0.25) is 14.5 Å². The summed E-state index contributed by atoms with van der Waals surface area (Å²) in [5.41, 5.74) is 0.644. The fourth-order valence-electron chi connectivity index (χ4n) is 2.85. The average Bonchev–Trinajstić information content (AvgIpc) is 2.97. The van der Waals surface area contributed by atoms with E-state index in [0.717, 1.165) is 0 Å². The van der Waals surface area contributed by atoms with Crippen molar-refractivity contribution < 1.29 is 23.5 Å². The molecule has 25 heavy (non-hydrogen) atoms. The van der Waals surface area contributed by atoms with E-state index >= 15 is 0 Å². The van der Waals surface area contributed by atoms with Gasteiger partial charge in [-0.15, -0.1) is 0 Å². The number of carbonyl (C=O) groups is 3. The van der Waals surface area contributed by atoms with Crippen LogP contribution in [0.5, 0.6) is 0 Å². The third-order valence-corrected chi connectivity index (χ3v) is 4.10. The van der Waals surface area contributed by atoms with Crippen LogP contribution >= 0.6 is 0 Å². The number of ketones is 1. The first-order chi connectivity index (χ1) is 12.0. The van der Waals surface area contributed by atoms with E-state index in [1.807, 2.05) is 0 Å². The molecule has 7 nitrogen and oxygen atoms in total. The molecule has 0 aromatic heterocycles. The van der Waals surface area contributed by atoms with Gasteiger partial charge in [-0.05, 0) is 25.1 Å². The molecule has 0 bridgehead atoms. The zero-order chi connectivity index (χ0) is 18.0. The standard InChI is InChI=1S/C17H18FN3O4/c1-2-19-16(23)15-9-21(17(24)25-15)10-3-4-12(13(18)7-10)14-8-11(22)5-6-20-14/h3-7,14-15,20H,2,8-9H2,1H3,(H,19,23)/t14?,15-/m1/s1. The summed E-state index contributed by atoms with van der Waals surface area (Å²) in [5, 5.41) is 5.53. The number of nitrogens with one attached hydrogen (secondary N) is 2. The number of carbonyl (C=O) groups excluding carboxylic acids is 3. The Balaban J connectivity index is 1.77. The van der Waals surface area contributed by atoms with Crippen LogP contribution in [-0.4, -0.2) is 37.0 Å². The molecule has 1 fully saturated rings. The van der Waals surface area contributed by atoms with Gasteiger partial charge in [0.25, 0.3) is 5.91 Å². The highest BCUT2D eigenvalue weighted by molar-refractivity contribution is 5.95. The van der Waals surface area contributed by atoms with Crippen molar-refractivity contribution in [3.05, 3.63) is 41.9 Å². The van der Waals surface area contributed by atoms with Gasteiger partial charge in [0.15, 0.2) is 11.9 Å². The van der Waals surface area contributed by atoms with E-state index in [0.29, 0.717) is 17.8 Å². The summed E-state index contributed by atoms with van der Waals surface area (Å²) in [6.45, 7) is 2.21. The number of nitrogens with zero attached hydrogens (tertiary/aromatic N) is 1. The van der Waals surface area contributed by atoms with E-state index in [1.54, 1.807) is 13.0 Å². The Labute approximate surface area is 143 Å². The molecule has 1 aromatic rings. The molecule has 2 atom stereocenters. The maximum Gasteiger partial charge on any atom is 0.415 e. The minimum absolute atomic E-state index is 0.0202. The predicted octanol–water partition coefficient (Wildman–Crippen LogP) is 1.40. The van der Waals surface area contributed by atoms with Gasteiger partial charge in [0.2, 0.25) is 0 Å². The van der Waals surface area contributed by atoms with Crippen molar-refractivity contribution in [2.75, 3.05) is 18.0 Å².